The van der Waals surface area contributed by atoms with Crippen molar-refractivity contribution in [3.8, 4) is 5.75 Å². The Morgan fingerprint density at radius 1 is 1.35 bits per heavy atom. The largest absolute Gasteiger partial charge is 0.480 e. The van der Waals surface area contributed by atoms with Crippen LogP contribution in [0.2, 0.25) is 0 Å². The highest BCUT2D eigenvalue weighted by Gasteiger charge is 2.17. The molecule has 1 aromatic rings. The van der Waals surface area contributed by atoms with E-state index in [0.29, 0.717) is 11.8 Å². The molecule has 112 valence electrons. The number of carbonyl (C=O) groups excluding carboxylic acids is 1. The van der Waals surface area contributed by atoms with E-state index in [0.717, 1.165) is 11.0 Å². The van der Waals surface area contributed by atoms with E-state index in [1.807, 2.05) is 18.2 Å². The second kappa shape index (κ2) is 7.64. The van der Waals surface area contributed by atoms with Gasteiger partial charge in [0.1, 0.15) is 5.75 Å². The molecule has 0 heterocycles. The highest BCUT2D eigenvalue weighted by Crippen LogP contribution is 2.27. The van der Waals surface area contributed by atoms with Crippen molar-refractivity contribution < 1.29 is 9.53 Å². The minimum absolute atomic E-state index is 0.0533. The minimum Gasteiger partial charge on any atom is -0.480 e. The normalized spacial score (nSPS) is 12.3. The zero-order valence-electron chi connectivity index (χ0n) is 12.7. The first-order valence-corrected chi connectivity index (χ1v) is 7.50. The SMILES string of the molecule is CC(C)NCc1ccc(OC(C)C(=O)N(C)C)c(Br)c1. The first-order valence-electron chi connectivity index (χ1n) is 6.71. The van der Waals surface area contributed by atoms with E-state index in [1.54, 1.807) is 21.0 Å². The maximum atomic E-state index is 11.8. The van der Waals surface area contributed by atoms with E-state index in [4.69, 9.17) is 4.74 Å². The number of benzene rings is 1. The van der Waals surface area contributed by atoms with Crippen molar-refractivity contribution in [2.24, 2.45) is 0 Å². The zero-order chi connectivity index (χ0) is 15.3. The molecule has 0 bridgehead atoms. The summed E-state index contributed by atoms with van der Waals surface area (Å²) in [6.07, 6.45) is -0.499. The number of ether oxygens (including phenoxy) is 1. The van der Waals surface area contributed by atoms with Gasteiger partial charge < -0.3 is 15.0 Å². The van der Waals surface area contributed by atoms with Gasteiger partial charge in [0, 0.05) is 26.7 Å². The fourth-order valence-electron chi connectivity index (χ4n) is 1.68. The molecule has 0 aliphatic carbocycles. The van der Waals surface area contributed by atoms with Crippen LogP contribution in [0.3, 0.4) is 0 Å². The fraction of sp³-hybridized carbons (Fsp3) is 0.533. The Balaban J connectivity index is 2.71. The van der Waals surface area contributed by atoms with E-state index < -0.39 is 6.10 Å². The number of halogens is 1. The maximum Gasteiger partial charge on any atom is 0.262 e. The second-order valence-electron chi connectivity index (χ2n) is 5.29. The average molecular weight is 343 g/mol. The van der Waals surface area contributed by atoms with E-state index in [9.17, 15) is 4.79 Å². The van der Waals surface area contributed by atoms with Crippen LogP contribution in [-0.4, -0.2) is 37.0 Å². The number of nitrogens with one attached hydrogen (secondary N) is 1. The predicted octanol–water partition coefficient (Wildman–Crippen LogP) is 2.80. The van der Waals surface area contributed by atoms with Gasteiger partial charge in [-0.15, -0.1) is 0 Å². The monoisotopic (exact) mass is 342 g/mol. The molecule has 0 aliphatic heterocycles. The quantitative estimate of drug-likeness (QED) is 0.864. The summed E-state index contributed by atoms with van der Waals surface area (Å²) >= 11 is 3.49. The number of carbonyl (C=O) groups is 1. The van der Waals surface area contributed by atoms with Crippen LogP contribution in [0.4, 0.5) is 0 Å². The third-order valence-corrected chi connectivity index (χ3v) is 3.42. The number of nitrogens with zero attached hydrogens (tertiary/aromatic N) is 1. The number of hydrogen-bond donors (Lipinski definition) is 1. The van der Waals surface area contributed by atoms with E-state index in [-0.39, 0.29) is 5.91 Å². The van der Waals surface area contributed by atoms with Crippen LogP contribution in [0, 0.1) is 0 Å². The van der Waals surface area contributed by atoms with Gasteiger partial charge in [-0.05, 0) is 40.5 Å². The molecule has 0 aromatic heterocycles. The molecule has 0 radical (unpaired) electrons. The van der Waals surface area contributed by atoms with Crippen LogP contribution < -0.4 is 10.1 Å². The molecule has 0 saturated carbocycles. The van der Waals surface area contributed by atoms with Gasteiger partial charge in [-0.1, -0.05) is 19.9 Å². The van der Waals surface area contributed by atoms with Crippen molar-refractivity contribution in [3.63, 3.8) is 0 Å². The lowest BCUT2D eigenvalue weighted by molar-refractivity contribution is -0.135. The van der Waals surface area contributed by atoms with Crippen LogP contribution in [0.5, 0.6) is 5.75 Å². The molecule has 1 unspecified atom stereocenters. The van der Waals surface area contributed by atoms with Crippen molar-refractivity contribution in [2.45, 2.75) is 39.5 Å². The maximum absolute atomic E-state index is 11.8. The van der Waals surface area contributed by atoms with Crippen LogP contribution in [0.25, 0.3) is 0 Å². The summed E-state index contributed by atoms with van der Waals surface area (Å²) in [6.45, 7) is 6.79. The average Bonchev–Trinajstić information content (AvgIpc) is 2.37. The summed E-state index contributed by atoms with van der Waals surface area (Å²) in [5.74, 6) is 0.628. The molecular weight excluding hydrogens is 320 g/mol. The molecule has 0 fully saturated rings. The van der Waals surface area contributed by atoms with Crippen LogP contribution in [0.1, 0.15) is 26.3 Å². The lowest BCUT2D eigenvalue weighted by Gasteiger charge is -2.19. The van der Waals surface area contributed by atoms with Gasteiger partial charge in [0.2, 0.25) is 0 Å². The smallest absolute Gasteiger partial charge is 0.262 e. The highest BCUT2D eigenvalue weighted by atomic mass is 79.9. The van der Waals surface area contributed by atoms with Crippen LogP contribution in [-0.2, 0) is 11.3 Å². The lowest BCUT2D eigenvalue weighted by Crippen LogP contribution is -2.35. The molecule has 0 aliphatic rings. The first-order chi connectivity index (χ1) is 9.31. The number of hydrogen-bond acceptors (Lipinski definition) is 3. The Labute approximate surface area is 129 Å². The number of amides is 1. The van der Waals surface area contributed by atoms with Gasteiger partial charge in [-0.25, -0.2) is 0 Å². The summed E-state index contributed by atoms with van der Waals surface area (Å²) in [5.41, 5.74) is 1.17. The standard InChI is InChI=1S/C15H23BrN2O2/c1-10(2)17-9-12-6-7-14(13(16)8-12)20-11(3)15(19)18(4)5/h6-8,10-11,17H,9H2,1-5H3. The summed E-state index contributed by atoms with van der Waals surface area (Å²) in [4.78, 5) is 13.3. The van der Waals surface area contributed by atoms with Crippen molar-refractivity contribution >= 4 is 21.8 Å². The van der Waals surface area contributed by atoms with E-state index in [2.05, 4.69) is 35.1 Å². The molecular formula is C15H23BrN2O2. The Bertz CT molecular complexity index is 461. The van der Waals surface area contributed by atoms with Crippen LogP contribution in [0.15, 0.2) is 22.7 Å². The Kier molecular flexibility index (Phi) is 6.49. The minimum atomic E-state index is -0.499. The van der Waals surface area contributed by atoms with E-state index >= 15 is 0 Å². The molecule has 1 rings (SSSR count). The third-order valence-electron chi connectivity index (χ3n) is 2.80. The van der Waals surface area contributed by atoms with Crippen molar-refractivity contribution in [1.82, 2.24) is 10.2 Å². The second-order valence-corrected chi connectivity index (χ2v) is 6.15. The molecule has 5 heteroatoms. The summed E-state index contributed by atoms with van der Waals surface area (Å²) in [7, 11) is 3.44. The third kappa shape index (κ3) is 5.13. The molecule has 1 aromatic carbocycles. The van der Waals surface area contributed by atoms with Gasteiger partial charge in [-0.2, -0.15) is 0 Å². The topological polar surface area (TPSA) is 41.6 Å². The zero-order valence-corrected chi connectivity index (χ0v) is 14.3. The molecule has 1 atom stereocenters. The predicted molar refractivity (Wildman–Crippen MR) is 84.9 cm³/mol. The van der Waals surface area contributed by atoms with Crippen molar-refractivity contribution in [2.75, 3.05) is 14.1 Å². The first kappa shape index (κ1) is 17.0. The molecule has 1 N–H and O–H groups in total. The lowest BCUT2D eigenvalue weighted by atomic mass is 10.2. The van der Waals surface area contributed by atoms with Crippen molar-refractivity contribution in [1.29, 1.82) is 0 Å². The molecule has 20 heavy (non-hydrogen) atoms. The number of rotatable bonds is 6. The summed E-state index contributed by atoms with van der Waals surface area (Å²) in [5, 5.41) is 3.36. The van der Waals surface area contributed by atoms with Gasteiger partial charge in [-0.3, -0.25) is 4.79 Å². The Hall–Kier alpha value is -1.07. The van der Waals surface area contributed by atoms with Crippen molar-refractivity contribution in [3.05, 3.63) is 28.2 Å². The van der Waals surface area contributed by atoms with E-state index in [1.165, 1.54) is 10.5 Å². The Morgan fingerprint density at radius 3 is 2.50 bits per heavy atom. The van der Waals surface area contributed by atoms with Gasteiger partial charge >= 0.3 is 0 Å². The molecule has 1 amide bonds. The molecule has 4 nitrogen and oxygen atoms in total. The summed E-state index contributed by atoms with van der Waals surface area (Å²) < 4.78 is 6.55. The molecule has 0 saturated heterocycles. The number of likely N-dealkylation sites (N-methyl/N-ethyl adjacent to an activating group) is 1. The van der Waals surface area contributed by atoms with Gasteiger partial charge in [0.15, 0.2) is 6.10 Å². The highest BCUT2D eigenvalue weighted by molar-refractivity contribution is 9.10. The van der Waals surface area contributed by atoms with Gasteiger partial charge in [0.25, 0.3) is 5.91 Å². The van der Waals surface area contributed by atoms with Gasteiger partial charge in [0.05, 0.1) is 4.47 Å². The fourth-order valence-corrected chi connectivity index (χ4v) is 2.20. The Morgan fingerprint density at radius 2 is 2.00 bits per heavy atom. The molecule has 0 spiro atoms. The van der Waals surface area contributed by atoms with Crippen LogP contribution >= 0.6 is 15.9 Å². The summed E-state index contributed by atoms with van der Waals surface area (Å²) in [6, 6.07) is 6.35.